The fourth-order valence-corrected chi connectivity index (χ4v) is 1.82. The fourth-order valence-electron chi connectivity index (χ4n) is 1.82. The van der Waals surface area contributed by atoms with Crippen LogP contribution in [0.3, 0.4) is 0 Å². The van der Waals surface area contributed by atoms with Crippen LogP contribution in [0, 0.1) is 0 Å². The lowest BCUT2D eigenvalue weighted by Gasteiger charge is -2.30. The zero-order chi connectivity index (χ0) is 14.5. The van der Waals surface area contributed by atoms with E-state index in [0.717, 1.165) is 6.54 Å². The van der Waals surface area contributed by atoms with E-state index in [4.69, 9.17) is 9.47 Å². The predicted octanol–water partition coefficient (Wildman–Crippen LogP) is 0.165. The number of hydrogen-bond acceptors (Lipinski definition) is 5. The largest absolute Gasteiger partial charge is 0.459 e. The summed E-state index contributed by atoms with van der Waals surface area (Å²) in [5, 5.41) is 3.19. The van der Waals surface area contributed by atoms with Gasteiger partial charge in [0.2, 0.25) is 5.91 Å². The molecule has 1 heterocycles. The van der Waals surface area contributed by atoms with Crippen LogP contribution in [0.2, 0.25) is 0 Å². The van der Waals surface area contributed by atoms with Crippen molar-refractivity contribution in [1.29, 1.82) is 0 Å². The normalized spacial score (nSPS) is 19.9. The summed E-state index contributed by atoms with van der Waals surface area (Å²) in [5.74, 6) is -0.550. The topological polar surface area (TPSA) is 67.9 Å². The first-order valence-electron chi connectivity index (χ1n) is 6.57. The van der Waals surface area contributed by atoms with Gasteiger partial charge in [-0.1, -0.05) is 0 Å². The Bertz CT molecular complexity index is 319. The molecule has 1 aliphatic rings. The third-order valence-electron chi connectivity index (χ3n) is 2.61. The first-order valence-corrected chi connectivity index (χ1v) is 6.57. The molecule has 0 bridgehead atoms. The van der Waals surface area contributed by atoms with E-state index >= 15 is 0 Å². The monoisotopic (exact) mass is 272 g/mol. The lowest BCUT2D eigenvalue weighted by atomic mass is 10.2. The number of amides is 1. The molecule has 0 aromatic rings. The number of carbonyl (C=O) groups is 2. The Kier molecular flexibility index (Phi) is 5.75. The first kappa shape index (κ1) is 15.9. The molecule has 1 aliphatic heterocycles. The molecule has 1 rings (SSSR count). The number of ether oxygens (including phenoxy) is 2. The van der Waals surface area contributed by atoms with Crippen molar-refractivity contribution in [1.82, 2.24) is 10.2 Å². The molecule has 1 N–H and O–H groups in total. The van der Waals surface area contributed by atoms with Gasteiger partial charge in [-0.15, -0.1) is 0 Å². The molecular formula is C13H24N2O4. The van der Waals surface area contributed by atoms with Gasteiger partial charge in [0.15, 0.2) is 0 Å². The zero-order valence-corrected chi connectivity index (χ0v) is 12.2. The van der Waals surface area contributed by atoms with Crippen molar-refractivity contribution in [3.8, 4) is 0 Å². The molecule has 1 amide bonds. The molecule has 0 aromatic heterocycles. The second-order valence-corrected chi connectivity index (χ2v) is 5.68. The van der Waals surface area contributed by atoms with Crippen LogP contribution in [0.4, 0.5) is 0 Å². The number of rotatable bonds is 4. The van der Waals surface area contributed by atoms with Crippen LogP contribution in [0.5, 0.6) is 0 Å². The highest BCUT2D eigenvalue weighted by Gasteiger charge is 2.24. The Morgan fingerprint density at radius 2 is 2.11 bits per heavy atom. The van der Waals surface area contributed by atoms with E-state index in [0.29, 0.717) is 19.7 Å². The quantitative estimate of drug-likeness (QED) is 0.739. The minimum absolute atomic E-state index is 0.0353. The van der Waals surface area contributed by atoms with E-state index in [1.54, 1.807) is 20.8 Å². The summed E-state index contributed by atoms with van der Waals surface area (Å²) in [5.41, 5.74) is -0.539. The summed E-state index contributed by atoms with van der Waals surface area (Å²) in [6, 6.07) is 0. The molecule has 0 spiro atoms. The van der Waals surface area contributed by atoms with Crippen LogP contribution >= 0.6 is 0 Å². The van der Waals surface area contributed by atoms with Crippen LogP contribution in [-0.4, -0.2) is 61.3 Å². The standard InChI is InChI=1S/C13H24N2O4/c1-10(16)15(8-11-7-14-5-6-18-11)9-12(17)19-13(2,3)4/h11,14H,5-9H2,1-4H3/t11-/m1/s1. The summed E-state index contributed by atoms with van der Waals surface area (Å²) >= 11 is 0. The van der Waals surface area contributed by atoms with Crippen LogP contribution in [0.1, 0.15) is 27.7 Å². The second kappa shape index (κ2) is 6.86. The Hall–Kier alpha value is -1.14. The van der Waals surface area contributed by atoms with Gasteiger partial charge in [-0.2, -0.15) is 0 Å². The molecule has 110 valence electrons. The lowest BCUT2D eigenvalue weighted by molar-refractivity contribution is -0.159. The minimum Gasteiger partial charge on any atom is -0.459 e. The molecule has 0 aromatic carbocycles. The molecule has 1 atom stereocenters. The lowest BCUT2D eigenvalue weighted by Crippen LogP contribution is -2.48. The highest BCUT2D eigenvalue weighted by atomic mass is 16.6. The summed E-state index contributed by atoms with van der Waals surface area (Å²) in [6.07, 6.45) is -0.0694. The Morgan fingerprint density at radius 1 is 1.42 bits per heavy atom. The SMILES string of the molecule is CC(=O)N(CC(=O)OC(C)(C)C)C[C@H]1CNCCO1. The molecule has 19 heavy (non-hydrogen) atoms. The number of hydrogen-bond donors (Lipinski definition) is 1. The van der Waals surface area contributed by atoms with E-state index in [-0.39, 0.29) is 18.6 Å². The average Bonchev–Trinajstić information content (AvgIpc) is 2.26. The molecular weight excluding hydrogens is 248 g/mol. The van der Waals surface area contributed by atoms with Crippen molar-refractivity contribution in [2.24, 2.45) is 0 Å². The van der Waals surface area contributed by atoms with E-state index in [1.165, 1.54) is 11.8 Å². The third-order valence-corrected chi connectivity index (χ3v) is 2.61. The van der Waals surface area contributed by atoms with Crippen LogP contribution < -0.4 is 5.32 Å². The number of esters is 1. The van der Waals surface area contributed by atoms with Crippen molar-refractivity contribution in [3.05, 3.63) is 0 Å². The van der Waals surface area contributed by atoms with Gasteiger partial charge in [0.1, 0.15) is 12.1 Å². The predicted molar refractivity (Wildman–Crippen MR) is 70.7 cm³/mol. The first-order chi connectivity index (χ1) is 8.78. The fraction of sp³-hybridized carbons (Fsp3) is 0.846. The van der Waals surface area contributed by atoms with E-state index < -0.39 is 11.6 Å². The molecule has 1 saturated heterocycles. The van der Waals surface area contributed by atoms with Crippen LogP contribution in [-0.2, 0) is 19.1 Å². The smallest absolute Gasteiger partial charge is 0.326 e. The molecule has 0 radical (unpaired) electrons. The third kappa shape index (κ3) is 6.54. The van der Waals surface area contributed by atoms with Gasteiger partial charge in [-0.3, -0.25) is 9.59 Å². The maximum absolute atomic E-state index is 11.7. The van der Waals surface area contributed by atoms with Crippen molar-refractivity contribution in [2.45, 2.75) is 39.4 Å². The zero-order valence-electron chi connectivity index (χ0n) is 12.2. The van der Waals surface area contributed by atoms with Gasteiger partial charge in [-0.05, 0) is 20.8 Å². The van der Waals surface area contributed by atoms with Crippen LogP contribution in [0.25, 0.3) is 0 Å². The van der Waals surface area contributed by atoms with Gasteiger partial charge in [-0.25, -0.2) is 0 Å². The summed E-state index contributed by atoms with van der Waals surface area (Å²) in [7, 11) is 0. The minimum atomic E-state index is -0.539. The van der Waals surface area contributed by atoms with Crippen molar-refractivity contribution in [3.63, 3.8) is 0 Å². The number of nitrogens with one attached hydrogen (secondary N) is 1. The summed E-state index contributed by atoms with van der Waals surface area (Å²) in [4.78, 5) is 24.8. The number of nitrogens with zero attached hydrogens (tertiary/aromatic N) is 1. The maximum atomic E-state index is 11.7. The number of carbonyl (C=O) groups excluding carboxylic acids is 2. The van der Waals surface area contributed by atoms with Crippen molar-refractivity contribution >= 4 is 11.9 Å². The molecule has 0 aliphatic carbocycles. The Morgan fingerprint density at radius 3 is 2.58 bits per heavy atom. The Balaban J connectivity index is 2.48. The second-order valence-electron chi connectivity index (χ2n) is 5.68. The van der Waals surface area contributed by atoms with Gasteiger partial charge < -0.3 is 19.7 Å². The van der Waals surface area contributed by atoms with Crippen molar-refractivity contribution in [2.75, 3.05) is 32.8 Å². The molecule has 1 fully saturated rings. The van der Waals surface area contributed by atoms with Crippen LogP contribution in [0.15, 0.2) is 0 Å². The van der Waals surface area contributed by atoms with Gasteiger partial charge in [0, 0.05) is 26.6 Å². The highest BCUT2D eigenvalue weighted by Crippen LogP contribution is 2.08. The van der Waals surface area contributed by atoms with Gasteiger partial charge >= 0.3 is 5.97 Å². The molecule has 6 heteroatoms. The Labute approximate surface area is 114 Å². The molecule has 0 saturated carbocycles. The van der Waals surface area contributed by atoms with Gasteiger partial charge in [0.25, 0.3) is 0 Å². The van der Waals surface area contributed by atoms with Crippen molar-refractivity contribution < 1.29 is 19.1 Å². The summed E-state index contributed by atoms with van der Waals surface area (Å²) < 4.78 is 10.8. The van der Waals surface area contributed by atoms with E-state index in [1.807, 2.05) is 0 Å². The highest BCUT2D eigenvalue weighted by molar-refractivity contribution is 5.80. The van der Waals surface area contributed by atoms with E-state index in [2.05, 4.69) is 5.32 Å². The van der Waals surface area contributed by atoms with Gasteiger partial charge in [0.05, 0.1) is 12.7 Å². The average molecular weight is 272 g/mol. The number of morpholine rings is 1. The molecule has 6 nitrogen and oxygen atoms in total. The summed E-state index contributed by atoms with van der Waals surface area (Å²) in [6.45, 7) is 9.36. The maximum Gasteiger partial charge on any atom is 0.326 e. The molecule has 0 unspecified atom stereocenters. The van der Waals surface area contributed by atoms with E-state index in [9.17, 15) is 9.59 Å².